The molecule has 94 valence electrons. The van der Waals surface area contributed by atoms with Gasteiger partial charge in [-0.25, -0.2) is 0 Å². The van der Waals surface area contributed by atoms with Gasteiger partial charge in [0.1, 0.15) is 11.5 Å². The van der Waals surface area contributed by atoms with E-state index < -0.39 is 0 Å². The van der Waals surface area contributed by atoms with E-state index in [4.69, 9.17) is 27.9 Å². The third-order valence-electron chi connectivity index (χ3n) is 2.29. The van der Waals surface area contributed by atoms with E-state index >= 15 is 0 Å². The van der Waals surface area contributed by atoms with Crippen LogP contribution in [0.25, 0.3) is 0 Å². The molecule has 0 heterocycles. The van der Waals surface area contributed by atoms with Gasteiger partial charge < -0.3 is 4.74 Å². The second kappa shape index (κ2) is 6.29. The molecule has 0 amide bonds. The number of halogens is 4. The highest BCUT2D eigenvalue weighted by molar-refractivity contribution is 9.10. The van der Waals surface area contributed by atoms with Crippen LogP contribution in [-0.4, -0.2) is 0 Å². The first-order chi connectivity index (χ1) is 8.60. The van der Waals surface area contributed by atoms with Crippen molar-refractivity contribution in [2.24, 2.45) is 0 Å². The summed E-state index contributed by atoms with van der Waals surface area (Å²) in [6.45, 7) is 0. The van der Waals surface area contributed by atoms with Crippen molar-refractivity contribution in [2.75, 3.05) is 0 Å². The summed E-state index contributed by atoms with van der Waals surface area (Å²) >= 11 is 18.8. The van der Waals surface area contributed by atoms with Crippen molar-refractivity contribution in [3.05, 3.63) is 56.5 Å². The summed E-state index contributed by atoms with van der Waals surface area (Å²) in [4.78, 5) is 0. The molecule has 2 rings (SSSR count). The molecule has 0 saturated heterocycles. The van der Waals surface area contributed by atoms with Crippen LogP contribution in [0.4, 0.5) is 0 Å². The maximum Gasteiger partial charge on any atom is 0.147 e. The molecule has 2 aromatic rings. The monoisotopic (exact) mass is 408 g/mol. The van der Waals surface area contributed by atoms with Crippen LogP contribution in [0.1, 0.15) is 5.56 Å². The lowest BCUT2D eigenvalue weighted by atomic mass is 10.2. The van der Waals surface area contributed by atoms with E-state index in [2.05, 4.69) is 31.9 Å². The molecule has 0 unspecified atom stereocenters. The predicted octanol–water partition coefficient (Wildman–Crippen LogP) is 6.44. The lowest BCUT2D eigenvalue weighted by molar-refractivity contribution is 0.482. The van der Waals surface area contributed by atoms with E-state index in [1.165, 1.54) is 0 Å². The van der Waals surface area contributed by atoms with E-state index in [1.54, 1.807) is 18.2 Å². The Labute approximate surface area is 132 Å². The number of alkyl halides is 1. The Morgan fingerprint density at radius 2 is 1.83 bits per heavy atom. The quantitative estimate of drug-likeness (QED) is 0.529. The molecule has 5 heteroatoms. The van der Waals surface area contributed by atoms with Crippen LogP contribution >= 0.6 is 55.1 Å². The van der Waals surface area contributed by atoms with Gasteiger partial charge in [0.2, 0.25) is 0 Å². The van der Waals surface area contributed by atoms with Crippen molar-refractivity contribution in [1.29, 1.82) is 0 Å². The van der Waals surface area contributed by atoms with Crippen molar-refractivity contribution in [3.8, 4) is 11.5 Å². The minimum Gasteiger partial charge on any atom is -0.456 e. The van der Waals surface area contributed by atoms with Crippen LogP contribution in [0.3, 0.4) is 0 Å². The second-order valence-electron chi connectivity index (χ2n) is 3.56. The van der Waals surface area contributed by atoms with Gasteiger partial charge in [0.15, 0.2) is 0 Å². The van der Waals surface area contributed by atoms with Crippen LogP contribution in [-0.2, 0) is 5.33 Å². The van der Waals surface area contributed by atoms with Gasteiger partial charge in [0.05, 0.1) is 5.02 Å². The molecule has 0 N–H and O–H groups in total. The second-order valence-corrected chi connectivity index (χ2v) is 5.82. The summed E-state index contributed by atoms with van der Waals surface area (Å²) in [6.07, 6.45) is 0. The Morgan fingerprint density at radius 3 is 2.50 bits per heavy atom. The van der Waals surface area contributed by atoms with Crippen molar-refractivity contribution in [2.45, 2.75) is 5.33 Å². The highest BCUT2D eigenvalue weighted by atomic mass is 79.9. The minimum atomic E-state index is 0.528. The molecule has 0 aliphatic rings. The Bertz CT molecular complexity index is 573. The fourth-order valence-electron chi connectivity index (χ4n) is 1.38. The predicted molar refractivity (Wildman–Crippen MR) is 83.3 cm³/mol. The van der Waals surface area contributed by atoms with Crippen LogP contribution in [0.2, 0.25) is 10.0 Å². The summed E-state index contributed by atoms with van der Waals surface area (Å²) in [6, 6.07) is 10.9. The summed E-state index contributed by atoms with van der Waals surface area (Å²) in [5.74, 6) is 1.25. The first-order valence-electron chi connectivity index (χ1n) is 5.07. The van der Waals surface area contributed by atoms with Crippen LogP contribution in [0, 0.1) is 0 Å². The SMILES string of the molecule is Clc1ccc(Cl)c(Oc2ccc(CBr)c(Br)c2)c1. The van der Waals surface area contributed by atoms with Crippen molar-refractivity contribution < 1.29 is 4.74 Å². The smallest absolute Gasteiger partial charge is 0.147 e. The van der Waals surface area contributed by atoms with E-state index in [0.717, 1.165) is 15.4 Å². The van der Waals surface area contributed by atoms with E-state index in [-0.39, 0.29) is 0 Å². The summed E-state index contributed by atoms with van der Waals surface area (Å²) in [5.41, 5.74) is 1.15. The van der Waals surface area contributed by atoms with E-state index in [0.29, 0.717) is 21.5 Å². The van der Waals surface area contributed by atoms with Crippen LogP contribution in [0.5, 0.6) is 11.5 Å². The maximum absolute atomic E-state index is 6.04. The molecule has 0 aromatic heterocycles. The van der Waals surface area contributed by atoms with Gasteiger partial charge in [-0.15, -0.1) is 0 Å². The fourth-order valence-corrected chi connectivity index (χ4v) is 3.06. The summed E-state index contributed by atoms with van der Waals surface area (Å²) in [5, 5.41) is 1.90. The molecular formula is C13H8Br2Cl2O. The Kier molecular flexibility index (Phi) is 4.96. The zero-order valence-corrected chi connectivity index (χ0v) is 13.8. The first-order valence-corrected chi connectivity index (χ1v) is 7.74. The Morgan fingerprint density at radius 1 is 1.06 bits per heavy atom. The zero-order valence-electron chi connectivity index (χ0n) is 9.09. The lowest BCUT2D eigenvalue weighted by Gasteiger charge is -2.09. The van der Waals surface area contributed by atoms with Gasteiger partial charge in [0, 0.05) is 20.9 Å². The fraction of sp³-hybridized carbons (Fsp3) is 0.0769. The molecule has 0 aliphatic heterocycles. The van der Waals surface area contributed by atoms with Crippen molar-refractivity contribution >= 4 is 55.1 Å². The van der Waals surface area contributed by atoms with E-state index in [9.17, 15) is 0 Å². The Balaban J connectivity index is 2.28. The third kappa shape index (κ3) is 3.41. The third-order valence-corrected chi connectivity index (χ3v) is 4.18. The van der Waals surface area contributed by atoms with Gasteiger partial charge in [-0.05, 0) is 29.8 Å². The molecule has 0 fully saturated rings. The Hall–Kier alpha value is -0.220. The zero-order chi connectivity index (χ0) is 13.1. The normalized spacial score (nSPS) is 10.4. The topological polar surface area (TPSA) is 9.23 Å². The average Bonchev–Trinajstić information content (AvgIpc) is 2.34. The minimum absolute atomic E-state index is 0.528. The van der Waals surface area contributed by atoms with Crippen molar-refractivity contribution in [1.82, 2.24) is 0 Å². The number of hydrogen-bond acceptors (Lipinski definition) is 1. The van der Waals surface area contributed by atoms with Crippen LogP contribution < -0.4 is 4.74 Å². The number of benzene rings is 2. The number of hydrogen-bond donors (Lipinski definition) is 0. The first kappa shape index (κ1) is 14.2. The van der Waals surface area contributed by atoms with Gasteiger partial charge >= 0.3 is 0 Å². The van der Waals surface area contributed by atoms with Gasteiger partial charge in [-0.2, -0.15) is 0 Å². The van der Waals surface area contributed by atoms with Gasteiger partial charge in [-0.3, -0.25) is 0 Å². The molecule has 2 aromatic carbocycles. The molecule has 0 bridgehead atoms. The molecule has 0 radical (unpaired) electrons. The van der Waals surface area contributed by atoms with Gasteiger partial charge in [-0.1, -0.05) is 61.1 Å². The highest BCUT2D eigenvalue weighted by Crippen LogP contribution is 2.33. The molecule has 0 spiro atoms. The maximum atomic E-state index is 6.04. The van der Waals surface area contributed by atoms with E-state index in [1.807, 2.05) is 18.2 Å². The number of ether oxygens (including phenoxy) is 1. The summed E-state index contributed by atoms with van der Waals surface area (Å²) < 4.78 is 6.69. The molecule has 0 aliphatic carbocycles. The number of rotatable bonds is 3. The molecule has 18 heavy (non-hydrogen) atoms. The van der Waals surface area contributed by atoms with Crippen molar-refractivity contribution in [3.63, 3.8) is 0 Å². The molecule has 0 saturated carbocycles. The molecule has 0 atom stereocenters. The average molecular weight is 411 g/mol. The van der Waals surface area contributed by atoms with Crippen LogP contribution in [0.15, 0.2) is 40.9 Å². The molecular weight excluding hydrogens is 403 g/mol. The molecule has 1 nitrogen and oxygen atoms in total. The lowest BCUT2D eigenvalue weighted by Crippen LogP contribution is -1.87. The summed E-state index contributed by atoms with van der Waals surface area (Å²) in [7, 11) is 0. The highest BCUT2D eigenvalue weighted by Gasteiger charge is 2.06. The van der Waals surface area contributed by atoms with Gasteiger partial charge in [0.25, 0.3) is 0 Å². The largest absolute Gasteiger partial charge is 0.456 e. The standard InChI is InChI=1S/C13H8Br2Cl2O/c14-7-8-1-3-10(6-11(8)15)18-13-5-9(16)2-4-12(13)17/h1-6H,7H2.